The lowest BCUT2D eigenvalue weighted by Gasteiger charge is -2.16. The minimum absolute atomic E-state index is 0.177. The van der Waals surface area contributed by atoms with Crippen LogP contribution >= 0.6 is 0 Å². The third-order valence-electron chi connectivity index (χ3n) is 4.65. The van der Waals surface area contributed by atoms with Gasteiger partial charge >= 0.3 is 0 Å². The Morgan fingerprint density at radius 2 is 1.82 bits per heavy atom. The van der Waals surface area contributed by atoms with Gasteiger partial charge in [0.05, 0.1) is 11.7 Å². The number of fused-ring (bicyclic) bond motifs is 1. The second-order valence-electron chi connectivity index (χ2n) is 6.63. The molecular weight excluding hydrogens is 360 g/mol. The molecule has 0 radical (unpaired) electrons. The summed E-state index contributed by atoms with van der Waals surface area (Å²) in [5, 5.41) is 1.40. The maximum Gasteiger partial charge on any atom is 0.255 e. The van der Waals surface area contributed by atoms with Gasteiger partial charge in [-0.15, -0.1) is 0 Å². The van der Waals surface area contributed by atoms with Crippen LogP contribution in [0.25, 0.3) is 21.9 Å². The molecule has 0 saturated carbocycles. The molecule has 0 spiro atoms. The van der Waals surface area contributed by atoms with Gasteiger partial charge in [-0.2, -0.15) is 0 Å². The molecule has 0 amide bonds. The van der Waals surface area contributed by atoms with E-state index >= 15 is 0 Å². The fourth-order valence-corrected chi connectivity index (χ4v) is 3.39. The average molecular weight is 377 g/mol. The number of aromatic nitrogens is 2. The highest BCUT2D eigenvalue weighted by atomic mass is 19.1. The van der Waals surface area contributed by atoms with Crippen molar-refractivity contribution < 1.29 is 8.78 Å². The third-order valence-corrected chi connectivity index (χ3v) is 4.65. The van der Waals surface area contributed by atoms with Gasteiger partial charge in [0.1, 0.15) is 11.6 Å². The first kappa shape index (κ1) is 18.0. The zero-order valence-corrected chi connectivity index (χ0v) is 14.8. The van der Waals surface area contributed by atoms with E-state index in [1.807, 2.05) is 24.3 Å². The average Bonchev–Trinajstić information content (AvgIpc) is 2.67. The summed E-state index contributed by atoms with van der Waals surface area (Å²) in [7, 11) is 0. The third kappa shape index (κ3) is 3.54. The van der Waals surface area contributed by atoms with Crippen LogP contribution in [-0.2, 0) is 6.42 Å². The van der Waals surface area contributed by atoms with E-state index in [0.29, 0.717) is 16.6 Å². The predicted molar refractivity (Wildman–Crippen MR) is 105 cm³/mol. The number of H-pyrrole nitrogens is 1. The number of nitrogens with zero attached hydrogens (tertiary/aromatic N) is 1. The molecule has 1 unspecified atom stereocenters. The van der Waals surface area contributed by atoms with E-state index in [4.69, 9.17) is 5.73 Å². The summed E-state index contributed by atoms with van der Waals surface area (Å²) in [5.41, 5.74) is 8.78. The van der Waals surface area contributed by atoms with Crippen LogP contribution in [0.2, 0.25) is 0 Å². The van der Waals surface area contributed by atoms with Crippen molar-refractivity contribution >= 4 is 10.8 Å². The van der Waals surface area contributed by atoms with Crippen molar-refractivity contribution in [3.8, 4) is 11.1 Å². The van der Waals surface area contributed by atoms with Crippen molar-refractivity contribution in [2.45, 2.75) is 12.5 Å². The van der Waals surface area contributed by atoms with Crippen molar-refractivity contribution in [1.82, 2.24) is 9.97 Å². The predicted octanol–water partition coefficient (Wildman–Crippen LogP) is 4.11. The molecule has 140 valence electrons. The zero-order valence-electron chi connectivity index (χ0n) is 14.8. The lowest BCUT2D eigenvalue weighted by molar-refractivity contribution is 0.576. The van der Waals surface area contributed by atoms with Crippen LogP contribution in [0.1, 0.15) is 17.3 Å². The maximum absolute atomic E-state index is 13.5. The Morgan fingerprint density at radius 1 is 1.04 bits per heavy atom. The van der Waals surface area contributed by atoms with E-state index < -0.39 is 17.7 Å². The van der Waals surface area contributed by atoms with Crippen molar-refractivity contribution in [3.05, 3.63) is 100 Å². The van der Waals surface area contributed by atoms with E-state index in [2.05, 4.69) is 9.97 Å². The minimum atomic E-state index is -0.641. The number of aromatic amines is 1. The van der Waals surface area contributed by atoms with Gasteiger partial charge in [0.2, 0.25) is 0 Å². The highest BCUT2D eigenvalue weighted by molar-refractivity contribution is 5.86. The van der Waals surface area contributed by atoms with Crippen LogP contribution in [-0.4, -0.2) is 9.97 Å². The molecule has 6 heteroatoms. The van der Waals surface area contributed by atoms with E-state index in [1.165, 1.54) is 12.1 Å². The van der Waals surface area contributed by atoms with Gasteiger partial charge in [-0.05, 0) is 53.3 Å². The van der Waals surface area contributed by atoms with Crippen molar-refractivity contribution in [2.75, 3.05) is 0 Å². The van der Waals surface area contributed by atoms with Crippen LogP contribution in [0.5, 0.6) is 0 Å². The summed E-state index contributed by atoms with van der Waals surface area (Å²) in [6, 6.07) is 13.8. The van der Waals surface area contributed by atoms with Crippen LogP contribution in [0, 0.1) is 11.6 Å². The highest BCUT2D eigenvalue weighted by Crippen LogP contribution is 2.29. The summed E-state index contributed by atoms with van der Waals surface area (Å²) in [4.78, 5) is 19.2. The molecule has 0 bridgehead atoms. The summed E-state index contributed by atoms with van der Waals surface area (Å²) >= 11 is 0. The number of rotatable bonds is 4. The number of nitrogens with two attached hydrogens (primary N) is 1. The molecule has 0 aliphatic rings. The standard InChI is InChI=1S/C22H17F2N3O/c23-16-8-13(9-17(24)12-16)10-20(25)21-18(2-1-6-26-21)15-4-3-14-5-7-27-22(28)19(14)11-15/h1-9,11-12,20H,10,25H2,(H,27,28). The number of benzene rings is 2. The Balaban J connectivity index is 1.74. The van der Waals surface area contributed by atoms with E-state index in [-0.39, 0.29) is 12.0 Å². The van der Waals surface area contributed by atoms with Crippen molar-refractivity contribution in [2.24, 2.45) is 5.73 Å². The topological polar surface area (TPSA) is 71.8 Å². The van der Waals surface area contributed by atoms with Gasteiger partial charge < -0.3 is 10.7 Å². The number of pyridine rings is 2. The van der Waals surface area contributed by atoms with Gasteiger partial charge in [0.15, 0.2) is 0 Å². The van der Waals surface area contributed by atoms with E-state index in [1.54, 1.807) is 24.5 Å². The molecule has 0 fully saturated rings. The first-order valence-corrected chi connectivity index (χ1v) is 8.78. The number of hydrogen-bond acceptors (Lipinski definition) is 3. The zero-order chi connectivity index (χ0) is 19.7. The quantitative estimate of drug-likeness (QED) is 0.562. The normalized spacial score (nSPS) is 12.2. The Labute approximate surface area is 159 Å². The molecule has 0 aliphatic carbocycles. The summed E-state index contributed by atoms with van der Waals surface area (Å²) in [6.45, 7) is 0. The molecular formula is C22H17F2N3O. The molecule has 0 saturated heterocycles. The fraction of sp³-hybridized carbons (Fsp3) is 0.0909. The summed E-state index contributed by atoms with van der Waals surface area (Å²) < 4.78 is 27.0. The van der Waals surface area contributed by atoms with Crippen LogP contribution < -0.4 is 11.3 Å². The molecule has 4 nitrogen and oxygen atoms in total. The van der Waals surface area contributed by atoms with E-state index in [9.17, 15) is 13.6 Å². The smallest absolute Gasteiger partial charge is 0.255 e. The molecule has 28 heavy (non-hydrogen) atoms. The first-order valence-electron chi connectivity index (χ1n) is 8.78. The van der Waals surface area contributed by atoms with Crippen molar-refractivity contribution in [1.29, 1.82) is 0 Å². The lowest BCUT2D eigenvalue weighted by atomic mass is 9.95. The molecule has 2 aromatic carbocycles. The molecule has 4 aromatic rings. The highest BCUT2D eigenvalue weighted by Gasteiger charge is 2.16. The largest absolute Gasteiger partial charge is 0.329 e. The first-order chi connectivity index (χ1) is 13.5. The maximum atomic E-state index is 13.5. The van der Waals surface area contributed by atoms with Crippen LogP contribution in [0.4, 0.5) is 8.78 Å². The fourth-order valence-electron chi connectivity index (χ4n) is 3.39. The molecule has 2 heterocycles. The van der Waals surface area contributed by atoms with Crippen LogP contribution in [0.15, 0.2) is 71.8 Å². The Hall–Kier alpha value is -3.38. The van der Waals surface area contributed by atoms with Gasteiger partial charge in [-0.25, -0.2) is 8.78 Å². The summed E-state index contributed by atoms with van der Waals surface area (Å²) in [6.07, 6.45) is 3.46. The van der Waals surface area contributed by atoms with Gasteiger partial charge in [-0.3, -0.25) is 9.78 Å². The van der Waals surface area contributed by atoms with Crippen LogP contribution in [0.3, 0.4) is 0 Å². The Bertz CT molecular complexity index is 1200. The molecule has 3 N–H and O–H groups in total. The van der Waals surface area contributed by atoms with Gasteiger partial charge in [0.25, 0.3) is 5.56 Å². The van der Waals surface area contributed by atoms with Crippen molar-refractivity contribution in [3.63, 3.8) is 0 Å². The van der Waals surface area contributed by atoms with Gasteiger partial charge in [-0.1, -0.05) is 18.2 Å². The number of nitrogens with one attached hydrogen (secondary N) is 1. The monoisotopic (exact) mass is 377 g/mol. The molecule has 0 aliphatic heterocycles. The van der Waals surface area contributed by atoms with E-state index in [0.717, 1.165) is 22.6 Å². The minimum Gasteiger partial charge on any atom is -0.329 e. The number of halogens is 2. The molecule has 1 atom stereocenters. The second kappa shape index (κ2) is 7.32. The lowest BCUT2D eigenvalue weighted by Crippen LogP contribution is -2.16. The van der Waals surface area contributed by atoms with Gasteiger partial charge in [0, 0.05) is 29.4 Å². The molecule has 4 rings (SSSR count). The molecule has 2 aromatic heterocycles. The Morgan fingerprint density at radius 3 is 2.61 bits per heavy atom. The SMILES string of the molecule is NC(Cc1cc(F)cc(F)c1)c1ncccc1-c1ccc2cc[nH]c(=O)c2c1. The summed E-state index contributed by atoms with van der Waals surface area (Å²) in [5.74, 6) is -1.28. The Kier molecular flexibility index (Phi) is 4.71. The second-order valence-corrected chi connectivity index (χ2v) is 6.63. The number of hydrogen-bond donors (Lipinski definition) is 2.